The molecule has 0 bridgehead atoms. The van der Waals surface area contributed by atoms with Crippen LogP contribution in [0.2, 0.25) is 0 Å². The Morgan fingerprint density at radius 1 is 1.44 bits per heavy atom. The van der Waals surface area contributed by atoms with Gasteiger partial charge in [-0.05, 0) is 18.1 Å². The molecule has 0 saturated heterocycles. The molecule has 5 heteroatoms. The van der Waals surface area contributed by atoms with E-state index in [9.17, 15) is 0 Å². The molecule has 0 amide bonds. The second-order valence-corrected chi connectivity index (χ2v) is 5.62. The molecular formula is C13H19BrN2O2. The third-order valence-corrected chi connectivity index (χ3v) is 3.66. The van der Waals surface area contributed by atoms with E-state index in [-0.39, 0.29) is 11.3 Å². The van der Waals surface area contributed by atoms with Crippen molar-refractivity contribution in [2.24, 2.45) is 16.3 Å². The number of ether oxygens (including phenoxy) is 1. The van der Waals surface area contributed by atoms with Gasteiger partial charge in [-0.3, -0.25) is 0 Å². The van der Waals surface area contributed by atoms with E-state index in [1.165, 1.54) is 0 Å². The highest BCUT2D eigenvalue weighted by Gasteiger charge is 2.23. The van der Waals surface area contributed by atoms with Crippen LogP contribution in [0.25, 0.3) is 0 Å². The smallest absolute Gasteiger partial charge is 0.144 e. The quantitative estimate of drug-likeness (QED) is 0.279. The molecular weight excluding hydrogens is 296 g/mol. The largest absolute Gasteiger partial charge is 0.409 e. The maximum absolute atomic E-state index is 8.66. The molecule has 0 radical (unpaired) electrons. The first-order valence-corrected chi connectivity index (χ1v) is 6.56. The Hall–Kier alpha value is -1.07. The molecule has 1 rings (SSSR count). The van der Waals surface area contributed by atoms with Crippen molar-refractivity contribution in [1.82, 2.24) is 0 Å². The van der Waals surface area contributed by atoms with Crippen molar-refractivity contribution >= 4 is 21.8 Å². The molecule has 100 valence electrons. The van der Waals surface area contributed by atoms with E-state index < -0.39 is 0 Å². The van der Waals surface area contributed by atoms with Crippen molar-refractivity contribution in [3.8, 4) is 0 Å². The van der Waals surface area contributed by atoms with Gasteiger partial charge in [0.05, 0.1) is 6.61 Å². The molecule has 18 heavy (non-hydrogen) atoms. The molecule has 0 unspecified atom stereocenters. The molecule has 0 fully saturated rings. The summed E-state index contributed by atoms with van der Waals surface area (Å²) in [6.45, 7) is 4.95. The lowest BCUT2D eigenvalue weighted by atomic mass is 9.88. The van der Waals surface area contributed by atoms with E-state index >= 15 is 0 Å². The predicted molar refractivity (Wildman–Crippen MR) is 75.6 cm³/mol. The van der Waals surface area contributed by atoms with Crippen LogP contribution in [-0.4, -0.2) is 17.6 Å². The lowest BCUT2D eigenvalue weighted by molar-refractivity contribution is 0.103. The number of nitrogens with two attached hydrogens (primary N) is 1. The molecule has 0 aliphatic heterocycles. The maximum atomic E-state index is 8.66. The fourth-order valence-corrected chi connectivity index (χ4v) is 1.79. The van der Waals surface area contributed by atoms with E-state index in [1.54, 1.807) is 0 Å². The highest BCUT2D eigenvalue weighted by atomic mass is 79.9. The Morgan fingerprint density at radius 3 is 2.72 bits per heavy atom. The summed E-state index contributed by atoms with van der Waals surface area (Å²) in [4.78, 5) is 0. The van der Waals surface area contributed by atoms with Gasteiger partial charge in [-0.2, -0.15) is 0 Å². The predicted octanol–water partition coefficient (Wildman–Crippen LogP) is 3.13. The first-order chi connectivity index (χ1) is 8.47. The van der Waals surface area contributed by atoms with Crippen molar-refractivity contribution < 1.29 is 9.94 Å². The summed E-state index contributed by atoms with van der Waals surface area (Å²) in [7, 11) is 0. The van der Waals surface area contributed by atoms with Crippen LogP contribution in [-0.2, 0) is 11.3 Å². The minimum absolute atomic E-state index is 0.229. The number of amidine groups is 1. The van der Waals surface area contributed by atoms with Crippen LogP contribution in [0.5, 0.6) is 0 Å². The SMILES string of the molecule is CC(C)(CCOCc1ccccc1Br)/C(N)=N/O. The zero-order valence-electron chi connectivity index (χ0n) is 10.7. The number of hydrogen-bond acceptors (Lipinski definition) is 3. The molecule has 0 spiro atoms. The number of hydrogen-bond donors (Lipinski definition) is 2. The van der Waals surface area contributed by atoms with Gasteiger partial charge in [0.2, 0.25) is 0 Å². The Kier molecular flexibility index (Phi) is 5.62. The van der Waals surface area contributed by atoms with Gasteiger partial charge in [0.15, 0.2) is 0 Å². The van der Waals surface area contributed by atoms with Crippen LogP contribution in [0.3, 0.4) is 0 Å². The molecule has 0 aliphatic carbocycles. The highest BCUT2D eigenvalue weighted by molar-refractivity contribution is 9.10. The van der Waals surface area contributed by atoms with Gasteiger partial charge in [-0.1, -0.05) is 53.1 Å². The summed E-state index contributed by atoms with van der Waals surface area (Å²) < 4.78 is 6.65. The molecule has 0 saturated carbocycles. The van der Waals surface area contributed by atoms with E-state index in [0.717, 1.165) is 10.0 Å². The topological polar surface area (TPSA) is 67.8 Å². The number of nitrogens with zero attached hydrogens (tertiary/aromatic N) is 1. The van der Waals surface area contributed by atoms with Gasteiger partial charge in [0.25, 0.3) is 0 Å². The Balaban J connectivity index is 2.38. The molecule has 0 atom stereocenters. The van der Waals surface area contributed by atoms with E-state index in [0.29, 0.717) is 19.6 Å². The van der Waals surface area contributed by atoms with Gasteiger partial charge in [0.1, 0.15) is 5.84 Å². The third-order valence-electron chi connectivity index (χ3n) is 2.89. The monoisotopic (exact) mass is 314 g/mol. The summed E-state index contributed by atoms with van der Waals surface area (Å²) in [5, 5.41) is 11.7. The van der Waals surface area contributed by atoms with Crippen LogP contribution in [0.15, 0.2) is 33.9 Å². The molecule has 0 aliphatic rings. The van der Waals surface area contributed by atoms with E-state index in [1.807, 2.05) is 38.1 Å². The number of oxime groups is 1. The summed E-state index contributed by atoms with van der Waals surface area (Å²) in [5.74, 6) is 0.229. The van der Waals surface area contributed by atoms with E-state index in [4.69, 9.17) is 15.7 Å². The summed E-state index contributed by atoms with van der Waals surface area (Å²) in [5.41, 5.74) is 6.36. The zero-order valence-corrected chi connectivity index (χ0v) is 12.3. The molecule has 0 aromatic heterocycles. The van der Waals surface area contributed by atoms with Gasteiger partial charge in [0, 0.05) is 16.5 Å². The van der Waals surface area contributed by atoms with Gasteiger partial charge >= 0.3 is 0 Å². The highest BCUT2D eigenvalue weighted by Crippen LogP contribution is 2.21. The van der Waals surface area contributed by atoms with Crippen LogP contribution in [0.4, 0.5) is 0 Å². The summed E-state index contributed by atoms with van der Waals surface area (Å²) in [6.07, 6.45) is 0.702. The lowest BCUT2D eigenvalue weighted by Gasteiger charge is -2.22. The third kappa shape index (κ3) is 4.31. The molecule has 0 heterocycles. The minimum atomic E-state index is -0.358. The van der Waals surface area contributed by atoms with E-state index in [2.05, 4.69) is 21.1 Å². The first kappa shape index (κ1) is 15.0. The van der Waals surface area contributed by atoms with Crippen molar-refractivity contribution in [3.05, 3.63) is 34.3 Å². The lowest BCUT2D eigenvalue weighted by Crippen LogP contribution is -2.33. The van der Waals surface area contributed by atoms with Gasteiger partial charge < -0.3 is 15.7 Å². The summed E-state index contributed by atoms with van der Waals surface area (Å²) >= 11 is 3.47. The van der Waals surface area contributed by atoms with Gasteiger partial charge in [-0.25, -0.2) is 0 Å². The second-order valence-electron chi connectivity index (χ2n) is 4.76. The van der Waals surface area contributed by atoms with Crippen LogP contribution < -0.4 is 5.73 Å². The Bertz CT molecular complexity index is 419. The van der Waals surface area contributed by atoms with Crippen molar-refractivity contribution in [2.75, 3.05) is 6.61 Å². The normalized spacial score (nSPS) is 12.7. The number of rotatable bonds is 6. The Labute approximate surface area is 116 Å². The van der Waals surface area contributed by atoms with Crippen molar-refractivity contribution in [2.45, 2.75) is 26.9 Å². The first-order valence-electron chi connectivity index (χ1n) is 5.76. The van der Waals surface area contributed by atoms with Crippen LogP contribution in [0, 0.1) is 5.41 Å². The van der Waals surface area contributed by atoms with Crippen LogP contribution in [0.1, 0.15) is 25.8 Å². The minimum Gasteiger partial charge on any atom is -0.409 e. The average Bonchev–Trinajstić information content (AvgIpc) is 2.35. The standard InChI is InChI=1S/C13H19BrN2O2/c1-13(2,12(15)16-17)7-8-18-9-10-5-3-4-6-11(10)14/h3-6,17H,7-9H2,1-2H3,(H2,15,16). The second kappa shape index (κ2) is 6.75. The fraction of sp³-hybridized carbons (Fsp3) is 0.462. The summed E-state index contributed by atoms with van der Waals surface area (Å²) in [6, 6.07) is 7.94. The Morgan fingerprint density at radius 2 is 2.11 bits per heavy atom. The molecule has 1 aromatic rings. The average molecular weight is 315 g/mol. The fourth-order valence-electron chi connectivity index (χ4n) is 1.39. The molecule has 3 N–H and O–H groups in total. The van der Waals surface area contributed by atoms with Crippen molar-refractivity contribution in [1.29, 1.82) is 0 Å². The molecule has 1 aromatic carbocycles. The number of benzene rings is 1. The molecule has 4 nitrogen and oxygen atoms in total. The van der Waals surface area contributed by atoms with Crippen molar-refractivity contribution in [3.63, 3.8) is 0 Å². The van der Waals surface area contributed by atoms with Crippen LogP contribution >= 0.6 is 15.9 Å². The zero-order chi connectivity index (χ0) is 13.6. The van der Waals surface area contributed by atoms with Gasteiger partial charge in [-0.15, -0.1) is 0 Å². The maximum Gasteiger partial charge on any atom is 0.144 e. The number of halogens is 1.